The van der Waals surface area contributed by atoms with Crippen LogP contribution in [0.15, 0.2) is 4.99 Å². The second-order valence-corrected chi connectivity index (χ2v) is 7.76. The number of hydrogen-bond acceptors (Lipinski definition) is 5. The summed E-state index contributed by atoms with van der Waals surface area (Å²) in [6.07, 6.45) is 2.59. The van der Waals surface area contributed by atoms with Gasteiger partial charge in [-0.15, -0.1) is 0 Å². The summed E-state index contributed by atoms with van der Waals surface area (Å²) in [4.78, 5) is 20.6. The Labute approximate surface area is 163 Å². The van der Waals surface area contributed by atoms with Crippen molar-refractivity contribution in [3.63, 3.8) is 0 Å². The Morgan fingerprint density at radius 2 is 1.93 bits per heavy atom. The lowest BCUT2D eigenvalue weighted by atomic mass is 10.0. The van der Waals surface area contributed by atoms with Crippen LogP contribution in [-0.4, -0.2) is 86.5 Å². The lowest BCUT2D eigenvalue weighted by Crippen LogP contribution is -2.49. The number of piperidine rings is 1. The molecule has 2 saturated heterocycles. The van der Waals surface area contributed by atoms with E-state index < -0.39 is 0 Å². The zero-order valence-corrected chi connectivity index (χ0v) is 17.2. The van der Waals surface area contributed by atoms with Crippen molar-refractivity contribution < 1.29 is 14.3 Å². The third-order valence-electron chi connectivity index (χ3n) is 5.15. The number of ether oxygens (including phenoxy) is 2. The van der Waals surface area contributed by atoms with E-state index in [9.17, 15) is 4.79 Å². The fraction of sp³-hybridized carbons (Fsp3) is 0.895. The Kier molecular flexibility index (Phi) is 9.14. The van der Waals surface area contributed by atoms with E-state index in [1.807, 2.05) is 6.92 Å². The molecule has 2 aliphatic heterocycles. The maximum Gasteiger partial charge on any atom is 0.409 e. The summed E-state index contributed by atoms with van der Waals surface area (Å²) in [7, 11) is 0. The maximum atomic E-state index is 11.8. The molecule has 0 spiro atoms. The minimum Gasteiger partial charge on any atom is -0.450 e. The van der Waals surface area contributed by atoms with Crippen molar-refractivity contribution in [1.82, 2.24) is 15.1 Å². The number of likely N-dealkylation sites (tertiary alicyclic amines) is 1. The zero-order chi connectivity index (χ0) is 19.6. The van der Waals surface area contributed by atoms with Gasteiger partial charge in [0.2, 0.25) is 0 Å². The van der Waals surface area contributed by atoms with Gasteiger partial charge in [-0.2, -0.15) is 0 Å². The summed E-state index contributed by atoms with van der Waals surface area (Å²) in [6, 6.07) is 0.659. The van der Waals surface area contributed by atoms with E-state index in [1.54, 1.807) is 4.90 Å². The molecule has 0 aromatic rings. The minimum absolute atomic E-state index is 0.223. The molecule has 1 atom stereocenters. The van der Waals surface area contributed by atoms with Crippen LogP contribution in [0.5, 0.6) is 0 Å². The van der Waals surface area contributed by atoms with Crippen molar-refractivity contribution in [3.05, 3.63) is 0 Å². The smallest absolute Gasteiger partial charge is 0.409 e. The number of carbonyl (C=O) groups excluding carboxylic acids is 1. The standard InChI is InChI=1S/C19H37N5O3/c1-4-27-19(25)24-7-5-16(6-8-24)22-18(20)21-14-17(13-15(2)3)23-9-11-26-12-10-23/h15-17H,4-14H2,1-3H3,(H3,20,21,22). The fourth-order valence-corrected chi connectivity index (χ4v) is 3.71. The van der Waals surface area contributed by atoms with E-state index in [-0.39, 0.29) is 12.1 Å². The van der Waals surface area contributed by atoms with Gasteiger partial charge in [-0.05, 0) is 32.1 Å². The number of nitrogens with one attached hydrogen (secondary N) is 1. The predicted octanol–water partition coefficient (Wildman–Crippen LogP) is 1.26. The number of nitrogens with zero attached hydrogens (tertiary/aromatic N) is 3. The number of hydrogen-bond donors (Lipinski definition) is 2. The molecule has 0 aliphatic carbocycles. The van der Waals surface area contributed by atoms with Crippen molar-refractivity contribution in [2.75, 3.05) is 52.5 Å². The Morgan fingerprint density at radius 3 is 2.52 bits per heavy atom. The quantitative estimate of drug-likeness (QED) is 0.508. The zero-order valence-electron chi connectivity index (χ0n) is 17.2. The second-order valence-electron chi connectivity index (χ2n) is 7.76. The molecule has 2 fully saturated rings. The number of morpholine rings is 1. The van der Waals surface area contributed by atoms with Crippen LogP contribution in [-0.2, 0) is 9.47 Å². The van der Waals surface area contributed by atoms with Gasteiger partial charge in [-0.1, -0.05) is 13.8 Å². The van der Waals surface area contributed by atoms with Crippen LogP contribution >= 0.6 is 0 Å². The average Bonchev–Trinajstić information content (AvgIpc) is 2.66. The van der Waals surface area contributed by atoms with Crippen LogP contribution in [0.25, 0.3) is 0 Å². The molecule has 0 radical (unpaired) electrons. The van der Waals surface area contributed by atoms with Gasteiger partial charge in [-0.25, -0.2) is 4.79 Å². The third kappa shape index (κ3) is 7.54. The monoisotopic (exact) mass is 383 g/mol. The number of amides is 1. The van der Waals surface area contributed by atoms with Crippen LogP contribution in [0.3, 0.4) is 0 Å². The van der Waals surface area contributed by atoms with Gasteiger partial charge < -0.3 is 25.4 Å². The average molecular weight is 384 g/mol. The molecule has 2 heterocycles. The molecule has 2 rings (SSSR count). The van der Waals surface area contributed by atoms with Crippen molar-refractivity contribution in [2.24, 2.45) is 16.6 Å². The molecule has 0 saturated carbocycles. The molecule has 0 aromatic heterocycles. The molecule has 156 valence electrons. The maximum absolute atomic E-state index is 11.8. The van der Waals surface area contributed by atoms with E-state index in [2.05, 4.69) is 29.1 Å². The van der Waals surface area contributed by atoms with Gasteiger partial charge in [0, 0.05) is 38.3 Å². The van der Waals surface area contributed by atoms with E-state index >= 15 is 0 Å². The van der Waals surface area contributed by atoms with E-state index in [4.69, 9.17) is 15.2 Å². The summed E-state index contributed by atoms with van der Waals surface area (Å²) in [5.41, 5.74) is 6.15. The number of rotatable bonds is 7. The normalized spacial score (nSPS) is 21.3. The molecule has 8 heteroatoms. The highest BCUT2D eigenvalue weighted by molar-refractivity contribution is 5.78. The second kappa shape index (κ2) is 11.3. The summed E-state index contributed by atoms with van der Waals surface area (Å²) in [6.45, 7) is 12.3. The van der Waals surface area contributed by atoms with Crippen LogP contribution < -0.4 is 11.1 Å². The van der Waals surface area contributed by atoms with Crippen LogP contribution in [0.1, 0.15) is 40.0 Å². The van der Waals surface area contributed by atoms with Crippen LogP contribution in [0.2, 0.25) is 0 Å². The first-order chi connectivity index (χ1) is 13.0. The largest absolute Gasteiger partial charge is 0.450 e. The van der Waals surface area contributed by atoms with Gasteiger partial charge in [0.15, 0.2) is 5.96 Å². The van der Waals surface area contributed by atoms with Crippen molar-refractivity contribution >= 4 is 12.1 Å². The Balaban J connectivity index is 1.79. The molecule has 0 aromatic carbocycles. The van der Waals surface area contributed by atoms with Gasteiger partial charge in [0.1, 0.15) is 0 Å². The predicted molar refractivity (Wildman–Crippen MR) is 107 cm³/mol. The molecule has 27 heavy (non-hydrogen) atoms. The fourth-order valence-electron chi connectivity index (χ4n) is 3.71. The number of nitrogens with two attached hydrogens (primary N) is 1. The number of carbonyl (C=O) groups is 1. The van der Waals surface area contributed by atoms with Crippen molar-refractivity contribution in [3.8, 4) is 0 Å². The van der Waals surface area contributed by atoms with Gasteiger partial charge >= 0.3 is 6.09 Å². The Bertz CT molecular complexity index is 472. The SMILES string of the molecule is CCOC(=O)N1CCC(NC(N)=NCC(CC(C)C)N2CCOCC2)CC1. The molecule has 1 unspecified atom stereocenters. The molecule has 3 N–H and O–H groups in total. The van der Waals surface area contributed by atoms with E-state index in [0.29, 0.717) is 44.2 Å². The van der Waals surface area contributed by atoms with Gasteiger partial charge in [-0.3, -0.25) is 9.89 Å². The minimum atomic E-state index is -0.223. The summed E-state index contributed by atoms with van der Waals surface area (Å²) >= 11 is 0. The number of aliphatic imine (C=N–C) groups is 1. The highest BCUT2D eigenvalue weighted by Gasteiger charge is 2.24. The van der Waals surface area contributed by atoms with E-state index in [0.717, 1.165) is 45.6 Å². The molecular weight excluding hydrogens is 346 g/mol. The van der Waals surface area contributed by atoms with Crippen LogP contribution in [0.4, 0.5) is 4.79 Å². The molecule has 0 bridgehead atoms. The molecular formula is C19H37N5O3. The first kappa shape index (κ1) is 21.8. The van der Waals surface area contributed by atoms with Crippen molar-refractivity contribution in [2.45, 2.75) is 52.1 Å². The van der Waals surface area contributed by atoms with E-state index in [1.165, 1.54) is 0 Å². The highest BCUT2D eigenvalue weighted by Crippen LogP contribution is 2.14. The summed E-state index contributed by atoms with van der Waals surface area (Å²) in [5, 5.41) is 3.33. The molecule has 1 amide bonds. The first-order valence-corrected chi connectivity index (χ1v) is 10.3. The van der Waals surface area contributed by atoms with Crippen molar-refractivity contribution in [1.29, 1.82) is 0 Å². The molecule has 8 nitrogen and oxygen atoms in total. The Hall–Kier alpha value is -1.54. The Morgan fingerprint density at radius 1 is 1.26 bits per heavy atom. The highest BCUT2D eigenvalue weighted by atomic mass is 16.6. The number of guanidine groups is 1. The lowest BCUT2D eigenvalue weighted by Gasteiger charge is -2.35. The summed E-state index contributed by atoms with van der Waals surface area (Å²) in [5.74, 6) is 1.13. The van der Waals surface area contributed by atoms with Gasteiger partial charge in [0.05, 0.1) is 26.4 Å². The molecule has 2 aliphatic rings. The third-order valence-corrected chi connectivity index (χ3v) is 5.15. The topological polar surface area (TPSA) is 92.4 Å². The lowest BCUT2D eigenvalue weighted by molar-refractivity contribution is 0.0143. The van der Waals surface area contributed by atoms with Crippen LogP contribution in [0, 0.1) is 5.92 Å². The summed E-state index contributed by atoms with van der Waals surface area (Å²) < 4.78 is 10.5. The first-order valence-electron chi connectivity index (χ1n) is 10.3. The van der Waals surface area contributed by atoms with Gasteiger partial charge in [0.25, 0.3) is 0 Å².